The van der Waals surface area contributed by atoms with Crippen molar-refractivity contribution in [2.24, 2.45) is 5.92 Å². The number of rotatable bonds is 6. The number of benzene rings is 1. The first-order chi connectivity index (χ1) is 12.9. The molecule has 4 atom stereocenters. The van der Waals surface area contributed by atoms with Gasteiger partial charge in [0.2, 0.25) is 5.82 Å². The lowest BCUT2D eigenvalue weighted by atomic mass is 9.82. The molecule has 2 fully saturated rings. The van der Waals surface area contributed by atoms with Gasteiger partial charge >= 0.3 is 5.97 Å². The summed E-state index contributed by atoms with van der Waals surface area (Å²) in [7, 11) is 0. The molecule has 1 aromatic rings. The number of ether oxygens (including phenoxy) is 3. The maximum atomic E-state index is 14.5. The number of carbonyl (C=O) groups is 1. The van der Waals surface area contributed by atoms with Gasteiger partial charge in [0.25, 0.3) is 0 Å². The van der Waals surface area contributed by atoms with E-state index >= 15 is 0 Å². The Kier molecular flexibility index (Phi) is 6.29. The molecule has 0 radical (unpaired) electrons. The number of morpholine rings is 1. The smallest absolute Gasteiger partial charge is 0.333 e. The van der Waals surface area contributed by atoms with Crippen LogP contribution in [0.5, 0.6) is 5.75 Å². The van der Waals surface area contributed by atoms with Gasteiger partial charge in [0.1, 0.15) is 6.61 Å². The largest absolute Gasteiger partial charge is 0.489 e. The van der Waals surface area contributed by atoms with Gasteiger partial charge in [-0.1, -0.05) is 13.0 Å². The zero-order chi connectivity index (χ0) is 19.6. The first-order valence-electron chi connectivity index (χ1n) is 9.19. The van der Waals surface area contributed by atoms with Gasteiger partial charge in [0.05, 0.1) is 19.3 Å². The Labute approximate surface area is 157 Å². The monoisotopic (exact) mass is 385 g/mol. The molecule has 0 aliphatic carbocycles. The maximum absolute atomic E-state index is 14.5. The molecule has 1 N–H and O–H groups in total. The summed E-state index contributed by atoms with van der Waals surface area (Å²) in [5.41, 5.74) is 0.333. The van der Waals surface area contributed by atoms with E-state index in [1.54, 1.807) is 6.92 Å². The Morgan fingerprint density at radius 3 is 2.67 bits per heavy atom. The van der Waals surface area contributed by atoms with Crippen molar-refractivity contribution in [3.05, 3.63) is 29.3 Å². The molecule has 0 bridgehead atoms. The van der Waals surface area contributed by atoms with Crippen molar-refractivity contribution in [3.63, 3.8) is 0 Å². The van der Waals surface area contributed by atoms with Crippen LogP contribution >= 0.6 is 0 Å². The fourth-order valence-electron chi connectivity index (χ4n) is 3.72. The highest BCUT2D eigenvalue weighted by atomic mass is 19.2. The molecule has 0 saturated carbocycles. The Morgan fingerprint density at radius 1 is 1.30 bits per heavy atom. The van der Waals surface area contributed by atoms with Gasteiger partial charge in [-0.2, -0.15) is 4.39 Å². The lowest BCUT2D eigenvalue weighted by Gasteiger charge is -2.27. The minimum absolute atomic E-state index is 0.169. The van der Waals surface area contributed by atoms with E-state index in [-0.39, 0.29) is 24.4 Å². The molecule has 2 heterocycles. The first-order valence-corrected chi connectivity index (χ1v) is 9.19. The molecular formula is C19H25F2NO5. The van der Waals surface area contributed by atoms with Crippen molar-refractivity contribution >= 4 is 5.97 Å². The van der Waals surface area contributed by atoms with E-state index in [4.69, 9.17) is 14.2 Å². The molecule has 2 aliphatic rings. The van der Waals surface area contributed by atoms with Crippen molar-refractivity contribution < 1.29 is 32.9 Å². The number of aliphatic carboxylic acids is 1. The molecule has 3 rings (SSSR count). The zero-order valence-electron chi connectivity index (χ0n) is 15.5. The molecular weight excluding hydrogens is 360 g/mol. The van der Waals surface area contributed by atoms with Crippen molar-refractivity contribution in [1.82, 2.24) is 4.90 Å². The van der Waals surface area contributed by atoms with E-state index in [9.17, 15) is 18.7 Å². The van der Waals surface area contributed by atoms with E-state index in [2.05, 4.69) is 4.90 Å². The average Bonchev–Trinajstić information content (AvgIpc) is 2.95. The number of hydrogen-bond donors (Lipinski definition) is 1. The van der Waals surface area contributed by atoms with Gasteiger partial charge in [-0.3, -0.25) is 4.90 Å². The number of hydrogen-bond acceptors (Lipinski definition) is 5. The normalized spacial score (nSPS) is 29.0. The Morgan fingerprint density at radius 2 is 2.00 bits per heavy atom. The number of carboxylic acid groups (broad SMARTS) is 1. The molecule has 0 spiro atoms. The van der Waals surface area contributed by atoms with Crippen molar-refractivity contribution in [3.8, 4) is 5.75 Å². The highest BCUT2D eigenvalue weighted by Gasteiger charge is 2.46. The quantitative estimate of drug-likeness (QED) is 0.810. The van der Waals surface area contributed by atoms with Crippen molar-refractivity contribution in [2.45, 2.75) is 32.0 Å². The third kappa shape index (κ3) is 4.23. The van der Waals surface area contributed by atoms with Gasteiger partial charge < -0.3 is 19.3 Å². The lowest BCUT2D eigenvalue weighted by molar-refractivity contribution is -0.149. The SMILES string of the molecule is C[C@H]1[C@@H](c2ccc(F)c(F)c2OCCN2CCOCC2)[C@H](C(=O)O)O[C@@H]1C. The van der Waals surface area contributed by atoms with E-state index < -0.39 is 29.6 Å². The molecule has 150 valence electrons. The summed E-state index contributed by atoms with van der Waals surface area (Å²) in [5.74, 6) is -4.26. The minimum atomic E-state index is -1.12. The Bertz CT molecular complexity index is 680. The predicted octanol–water partition coefficient (Wildman–Crippen LogP) is 2.27. The van der Waals surface area contributed by atoms with Gasteiger partial charge in [-0.05, 0) is 18.9 Å². The van der Waals surface area contributed by atoms with Crippen LogP contribution in [0.2, 0.25) is 0 Å². The van der Waals surface area contributed by atoms with Gasteiger partial charge in [-0.25, -0.2) is 9.18 Å². The lowest BCUT2D eigenvalue weighted by Crippen LogP contribution is -2.38. The molecule has 2 aliphatic heterocycles. The number of halogens is 2. The third-order valence-electron chi connectivity index (χ3n) is 5.43. The van der Waals surface area contributed by atoms with Crippen LogP contribution in [-0.4, -0.2) is 67.6 Å². The standard InChI is InChI=1S/C19H25F2NO5/c1-11-12(2)27-18(19(23)24)15(11)13-3-4-14(20)16(21)17(13)26-10-7-22-5-8-25-9-6-22/h3-4,11-12,15,18H,5-10H2,1-2H3,(H,23,24)/t11-,12-,15+,18-/m1/s1. The van der Waals surface area contributed by atoms with Crippen LogP contribution in [0.15, 0.2) is 12.1 Å². The highest BCUT2D eigenvalue weighted by Crippen LogP contribution is 2.44. The van der Waals surface area contributed by atoms with Crippen LogP contribution in [0.1, 0.15) is 25.3 Å². The van der Waals surface area contributed by atoms with Crippen LogP contribution in [0, 0.1) is 17.6 Å². The van der Waals surface area contributed by atoms with Crippen LogP contribution in [-0.2, 0) is 14.3 Å². The van der Waals surface area contributed by atoms with Gasteiger partial charge in [0.15, 0.2) is 17.7 Å². The van der Waals surface area contributed by atoms with Crippen molar-refractivity contribution in [2.75, 3.05) is 39.5 Å². The zero-order valence-corrected chi connectivity index (χ0v) is 15.5. The predicted molar refractivity (Wildman–Crippen MR) is 93.0 cm³/mol. The van der Waals surface area contributed by atoms with Crippen LogP contribution in [0.25, 0.3) is 0 Å². The number of nitrogens with zero attached hydrogens (tertiary/aromatic N) is 1. The molecule has 6 nitrogen and oxygen atoms in total. The van der Waals surface area contributed by atoms with Crippen LogP contribution in [0.3, 0.4) is 0 Å². The topological polar surface area (TPSA) is 68.2 Å². The van der Waals surface area contributed by atoms with Gasteiger partial charge in [0, 0.05) is 31.1 Å². The van der Waals surface area contributed by atoms with E-state index in [1.807, 2.05) is 6.92 Å². The minimum Gasteiger partial charge on any atom is -0.489 e. The number of carboxylic acids is 1. The molecule has 0 aromatic heterocycles. The second kappa shape index (κ2) is 8.50. The van der Waals surface area contributed by atoms with Crippen LogP contribution in [0.4, 0.5) is 8.78 Å². The van der Waals surface area contributed by atoms with E-state index in [0.717, 1.165) is 19.2 Å². The summed E-state index contributed by atoms with van der Waals surface area (Å²) < 4.78 is 44.8. The molecule has 0 amide bonds. The first kappa shape index (κ1) is 20.0. The average molecular weight is 385 g/mol. The summed E-state index contributed by atoms with van der Waals surface area (Å²) >= 11 is 0. The Balaban J connectivity index is 1.82. The molecule has 2 saturated heterocycles. The summed E-state index contributed by atoms with van der Waals surface area (Å²) in [4.78, 5) is 13.7. The van der Waals surface area contributed by atoms with E-state index in [1.165, 1.54) is 6.07 Å². The van der Waals surface area contributed by atoms with Crippen molar-refractivity contribution in [1.29, 1.82) is 0 Å². The molecule has 8 heteroatoms. The van der Waals surface area contributed by atoms with Crippen LogP contribution < -0.4 is 4.74 Å². The summed E-state index contributed by atoms with van der Waals surface area (Å²) in [6, 6.07) is 2.41. The maximum Gasteiger partial charge on any atom is 0.333 e. The fourth-order valence-corrected chi connectivity index (χ4v) is 3.72. The summed E-state index contributed by atoms with van der Waals surface area (Å²) in [6.45, 7) is 7.12. The molecule has 0 unspecified atom stereocenters. The summed E-state index contributed by atoms with van der Waals surface area (Å²) in [6.07, 6.45) is -1.44. The van der Waals surface area contributed by atoms with E-state index in [0.29, 0.717) is 25.3 Å². The summed E-state index contributed by atoms with van der Waals surface area (Å²) in [5, 5.41) is 9.49. The molecule has 27 heavy (non-hydrogen) atoms. The second-order valence-corrected chi connectivity index (χ2v) is 7.07. The Hall–Kier alpha value is -1.77. The van der Waals surface area contributed by atoms with Gasteiger partial charge in [-0.15, -0.1) is 0 Å². The second-order valence-electron chi connectivity index (χ2n) is 7.07. The third-order valence-corrected chi connectivity index (χ3v) is 5.43. The fraction of sp³-hybridized carbons (Fsp3) is 0.632. The molecule has 1 aromatic carbocycles. The highest BCUT2D eigenvalue weighted by molar-refractivity contribution is 5.74.